The second-order valence-electron chi connectivity index (χ2n) is 2.76. The van der Waals surface area contributed by atoms with E-state index in [-0.39, 0.29) is 0 Å². The van der Waals surface area contributed by atoms with Crippen molar-refractivity contribution >= 4 is 12.0 Å². The third-order valence-electron chi connectivity index (χ3n) is 1.84. The number of hydrogen-bond acceptors (Lipinski definition) is 4. The van der Waals surface area contributed by atoms with Crippen molar-refractivity contribution in [2.45, 2.75) is 12.5 Å². The topological polar surface area (TPSA) is 51.5 Å². The van der Waals surface area contributed by atoms with Crippen LogP contribution in [0.3, 0.4) is 0 Å². The Kier molecular flexibility index (Phi) is 2.04. The summed E-state index contributed by atoms with van der Waals surface area (Å²) < 4.78 is 0. The number of pyridine rings is 1. The highest BCUT2D eigenvalue weighted by Gasteiger charge is 2.20. The molecule has 0 radical (unpaired) electrons. The van der Waals surface area contributed by atoms with Gasteiger partial charge in [-0.05, 0) is 12.1 Å². The average Bonchev–Trinajstić information content (AvgIpc) is 2.67. The van der Waals surface area contributed by atoms with Gasteiger partial charge in [-0.2, -0.15) is 0 Å². The molecule has 1 aliphatic rings. The Morgan fingerprint density at radius 1 is 1.62 bits per heavy atom. The van der Waals surface area contributed by atoms with Crippen LogP contribution in [0.2, 0.25) is 0 Å². The number of aldehydes is 1. The third-order valence-corrected chi connectivity index (χ3v) is 1.84. The van der Waals surface area contributed by atoms with Crippen molar-refractivity contribution in [1.29, 1.82) is 0 Å². The fraction of sp³-hybridized carbons (Fsp3) is 0.222. The van der Waals surface area contributed by atoms with Crippen LogP contribution < -0.4 is 0 Å². The first-order valence-corrected chi connectivity index (χ1v) is 3.98. The quantitative estimate of drug-likeness (QED) is 0.625. The van der Waals surface area contributed by atoms with Gasteiger partial charge >= 0.3 is 0 Å². The summed E-state index contributed by atoms with van der Waals surface area (Å²) >= 11 is 0. The van der Waals surface area contributed by atoms with Crippen LogP contribution >= 0.6 is 0 Å². The molecule has 1 atom stereocenters. The molecular formula is C9H8N2O2. The molecule has 1 aliphatic heterocycles. The molecule has 0 aliphatic carbocycles. The van der Waals surface area contributed by atoms with Crippen molar-refractivity contribution < 1.29 is 9.63 Å². The number of oxime groups is 1. The fourth-order valence-electron chi connectivity index (χ4n) is 1.17. The van der Waals surface area contributed by atoms with Crippen molar-refractivity contribution in [2.75, 3.05) is 0 Å². The molecule has 0 saturated heterocycles. The van der Waals surface area contributed by atoms with Crippen LogP contribution in [0, 0.1) is 0 Å². The zero-order valence-electron chi connectivity index (χ0n) is 6.88. The third kappa shape index (κ3) is 1.56. The zero-order valence-corrected chi connectivity index (χ0v) is 6.88. The summed E-state index contributed by atoms with van der Waals surface area (Å²) in [7, 11) is 0. The molecule has 13 heavy (non-hydrogen) atoms. The lowest BCUT2D eigenvalue weighted by Gasteiger charge is -1.96. The maximum Gasteiger partial charge on any atom is 0.187 e. The first-order chi connectivity index (χ1) is 6.40. The Balaban J connectivity index is 2.17. The van der Waals surface area contributed by atoms with E-state index in [0.717, 1.165) is 17.6 Å². The molecule has 4 heteroatoms. The van der Waals surface area contributed by atoms with Gasteiger partial charge in [-0.1, -0.05) is 5.16 Å². The highest BCUT2D eigenvalue weighted by atomic mass is 16.6. The first kappa shape index (κ1) is 7.91. The first-order valence-electron chi connectivity index (χ1n) is 3.98. The minimum absolute atomic E-state index is 0.421. The van der Waals surface area contributed by atoms with Gasteiger partial charge in [-0.15, -0.1) is 0 Å². The van der Waals surface area contributed by atoms with Crippen molar-refractivity contribution in [1.82, 2.24) is 4.98 Å². The van der Waals surface area contributed by atoms with Gasteiger partial charge < -0.3 is 4.84 Å². The summed E-state index contributed by atoms with van der Waals surface area (Å²) in [5.74, 6) is 0. The molecule has 0 aromatic carbocycles. The fourth-order valence-corrected chi connectivity index (χ4v) is 1.17. The number of hydrogen-bond donors (Lipinski definition) is 0. The molecule has 1 aromatic heterocycles. The summed E-state index contributed by atoms with van der Waals surface area (Å²) in [5.41, 5.74) is 1.69. The van der Waals surface area contributed by atoms with Crippen LogP contribution in [-0.4, -0.2) is 23.1 Å². The molecule has 0 spiro atoms. The Morgan fingerprint density at radius 3 is 3.15 bits per heavy atom. The highest BCUT2D eigenvalue weighted by Crippen LogP contribution is 2.13. The normalized spacial score (nSPS) is 20.6. The van der Waals surface area contributed by atoms with E-state index in [9.17, 15) is 4.79 Å². The highest BCUT2D eigenvalue weighted by molar-refractivity contribution is 6.02. The van der Waals surface area contributed by atoms with Crippen molar-refractivity contribution in [3.05, 3.63) is 30.1 Å². The van der Waals surface area contributed by atoms with Gasteiger partial charge in [0.15, 0.2) is 12.4 Å². The van der Waals surface area contributed by atoms with E-state index < -0.39 is 6.10 Å². The monoisotopic (exact) mass is 176 g/mol. The van der Waals surface area contributed by atoms with E-state index in [1.807, 2.05) is 12.1 Å². The van der Waals surface area contributed by atoms with Gasteiger partial charge in [0.2, 0.25) is 0 Å². The van der Waals surface area contributed by atoms with E-state index in [0.29, 0.717) is 6.42 Å². The average molecular weight is 176 g/mol. The van der Waals surface area contributed by atoms with Gasteiger partial charge in [0.25, 0.3) is 0 Å². The molecule has 0 amide bonds. The molecule has 0 fully saturated rings. The lowest BCUT2D eigenvalue weighted by atomic mass is 10.1. The lowest BCUT2D eigenvalue weighted by Crippen LogP contribution is -2.09. The minimum Gasteiger partial charge on any atom is -0.384 e. The lowest BCUT2D eigenvalue weighted by molar-refractivity contribution is -0.116. The van der Waals surface area contributed by atoms with E-state index >= 15 is 0 Å². The molecule has 0 N–H and O–H groups in total. The summed E-state index contributed by atoms with van der Waals surface area (Å²) in [6, 6.07) is 3.72. The van der Waals surface area contributed by atoms with Crippen LogP contribution in [0.25, 0.3) is 0 Å². The Morgan fingerprint density at radius 2 is 2.54 bits per heavy atom. The van der Waals surface area contributed by atoms with Gasteiger partial charge in [-0.3, -0.25) is 9.78 Å². The number of carbonyl (C=O) groups excluding carboxylic acids is 1. The number of carbonyl (C=O) groups is 1. The molecule has 1 aromatic rings. The molecular weight excluding hydrogens is 168 g/mol. The standard InChI is InChI=1S/C9H8N2O2/c12-6-8-4-9(11-13-8)7-2-1-3-10-5-7/h1-3,5-6,8H,4H2. The Labute approximate surface area is 75.2 Å². The molecule has 0 saturated carbocycles. The van der Waals surface area contributed by atoms with Crippen molar-refractivity contribution in [3.63, 3.8) is 0 Å². The van der Waals surface area contributed by atoms with Gasteiger partial charge in [0.1, 0.15) is 0 Å². The SMILES string of the molecule is O=CC1CC(c2cccnc2)=NO1. The van der Waals surface area contributed by atoms with Crippen LogP contribution in [-0.2, 0) is 9.63 Å². The zero-order chi connectivity index (χ0) is 9.10. The maximum atomic E-state index is 10.4. The Bertz CT molecular complexity index is 335. The Hall–Kier alpha value is -1.71. The van der Waals surface area contributed by atoms with E-state index in [1.54, 1.807) is 12.4 Å². The minimum atomic E-state index is -0.421. The number of nitrogens with zero attached hydrogens (tertiary/aromatic N) is 2. The van der Waals surface area contributed by atoms with Gasteiger partial charge in [0, 0.05) is 24.4 Å². The second-order valence-corrected chi connectivity index (χ2v) is 2.76. The van der Waals surface area contributed by atoms with E-state index in [2.05, 4.69) is 10.1 Å². The van der Waals surface area contributed by atoms with Crippen LogP contribution in [0.5, 0.6) is 0 Å². The van der Waals surface area contributed by atoms with Gasteiger partial charge in [0.05, 0.1) is 5.71 Å². The smallest absolute Gasteiger partial charge is 0.187 e. The molecule has 4 nitrogen and oxygen atoms in total. The van der Waals surface area contributed by atoms with Gasteiger partial charge in [-0.25, -0.2) is 0 Å². The summed E-state index contributed by atoms with van der Waals surface area (Å²) in [6.45, 7) is 0. The maximum absolute atomic E-state index is 10.4. The van der Waals surface area contributed by atoms with Crippen molar-refractivity contribution in [2.24, 2.45) is 5.16 Å². The molecule has 2 heterocycles. The number of aromatic nitrogens is 1. The predicted molar refractivity (Wildman–Crippen MR) is 46.3 cm³/mol. The van der Waals surface area contributed by atoms with Crippen LogP contribution in [0.1, 0.15) is 12.0 Å². The summed E-state index contributed by atoms with van der Waals surface area (Å²) in [6.07, 6.45) is 4.27. The molecule has 66 valence electrons. The van der Waals surface area contributed by atoms with E-state index in [4.69, 9.17) is 4.84 Å². The van der Waals surface area contributed by atoms with Crippen LogP contribution in [0.4, 0.5) is 0 Å². The largest absolute Gasteiger partial charge is 0.384 e. The van der Waals surface area contributed by atoms with E-state index in [1.165, 1.54) is 0 Å². The number of rotatable bonds is 2. The molecule has 0 bridgehead atoms. The second kappa shape index (κ2) is 3.35. The molecule has 1 unspecified atom stereocenters. The summed E-state index contributed by atoms with van der Waals surface area (Å²) in [4.78, 5) is 19.2. The summed E-state index contributed by atoms with van der Waals surface area (Å²) in [5, 5.41) is 3.80. The predicted octanol–water partition coefficient (Wildman–Crippen LogP) is 0.774. The van der Waals surface area contributed by atoms with Crippen LogP contribution in [0.15, 0.2) is 29.7 Å². The van der Waals surface area contributed by atoms with Crippen molar-refractivity contribution in [3.8, 4) is 0 Å². The molecule has 2 rings (SSSR count).